The van der Waals surface area contributed by atoms with Gasteiger partial charge in [-0.1, -0.05) is 24.1 Å². The van der Waals surface area contributed by atoms with Crippen LogP contribution in [0.4, 0.5) is 0 Å². The third-order valence-corrected chi connectivity index (χ3v) is 1.78. The fourth-order valence-corrected chi connectivity index (χ4v) is 1.13. The van der Waals surface area contributed by atoms with Crippen molar-refractivity contribution in [2.75, 3.05) is 7.11 Å². The number of nitrogens with one attached hydrogen (secondary N) is 1. The lowest BCUT2D eigenvalue weighted by molar-refractivity contribution is 0.405. The summed E-state index contributed by atoms with van der Waals surface area (Å²) in [5, 5.41) is 0. The molecule has 0 aromatic heterocycles. The molecule has 1 atom stereocenters. The van der Waals surface area contributed by atoms with Gasteiger partial charge in [0.2, 0.25) is 0 Å². The van der Waals surface area contributed by atoms with Gasteiger partial charge in [0.25, 0.3) is 0 Å². The Labute approximate surface area is 77.9 Å². The Hall–Kier alpha value is -1.50. The van der Waals surface area contributed by atoms with Crippen molar-refractivity contribution in [2.45, 2.75) is 6.04 Å². The minimum atomic E-state index is -0.309. The van der Waals surface area contributed by atoms with Crippen molar-refractivity contribution in [2.24, 2.45) is 5.84 Å². The number of rotatable bonds is 3. The number of hydrogen-bond acceptors (Lipinski definition) is 3. The fraction of sp³-hybridized carbons (Fsp3) is 0.200. The summed E-state index contributed by atoms with van der Waals surface area (Å²) >= 11 is 0. The number of hydrazine groups is 1. The maximum atomic E-state index is 5.29. The molecule has 3 nitrogen and oxygen atoms in total. The summed E-state index contributed by atoms with van der Waals surface area (Å²) in [6.07, 6.45) is 5.29. The highest BCUT2D eigenvalue weighted by Gasteiger charge is 2.10. The van der Waals surface area contributed by atoms with Crippen molar-refractivity contribution < 1.29 is 4.74 Å². The number of terminal acetylenes is 1. The monoisotopic (exact) mass is 176 g/mol. The van der Waals surface area contributed by atoms with Gasteiger partial charge in [-0.2, -0.15) is 0 Å². The molecule has 3 N–H and O–H groups in total. The van der Waals surface area contributed by atoms with Gasteiger partial charge in [-0.3, -0.25) is 5.84 Å². The summed E-state index contributed by atoms with van der Waals surface area (Å²) in [6, 6.07) is 7.18. The van der Waals surface area contributed by atoms with Crippen LogP contribution in [0.3, 0.4) is 0 Å². The average molecular weight is 176 g/mol. The lowest BCUT2D eigenvalue weighted by atomic mass is 10.1. The van der Waals surface area contributed by atoms with E-state index in [2.05, 4.69) is 11.3 Å². The van der Waals surface area contributed by atoms with Crippen LogP contribution >= 0.6 is 0 Å². The van der Waals surface area contributed by atoms with Crippen LogP contribution in [0, 0.1) is 12.3 Å². The lowest BCUT2D eigenvalue weighted by Crippen LogP contribution is -2.27. The van der Waals surface area contributed by atoms with Gasteiger partial charge in [0, 0.05) is 5.56 Å². The summed E-state index contributed by atoms with van der Waals surface area (Å²) in [4.78, 5) is 0. The molecule has 0 spiro atoms. The second kappa shape index (κ2) is 4.51. The number of benzene rings is 1. The molecule has 1 unspecified atom stereocenters. The zero-order valence-corrected chi connectivity index (χ0v) is 7.45. The normalized spacial score (nSPS) is 11.8. The Morgan fingerprint density at radius 2 is 2.23 bits per heavy atom. The van der Waals surface area contributed by atoms with Crippen LogP contribution in [-0.4, -0.2) is 7.11 Å². The largest absolute Gasteiger partial charge is 0.496 e. The molecule has 3 heteroatoms. The zero-order chi connectivity index (χ0) is 9.68. The van der Waals surface area contributed by atoms with E-state index in [-0.39, 0.29) is 6.04 Å². The molecule has 1 aromatic carbocycles. The molecule has 0 bridgehead atoms. The first-order valence-electron chi connectivity index (χ1n) is 3.88. The first kappa shape index (κ1) is 9.59. The van der Waals surface area contributed by atoms with E-state index < -0.39 is 0 Å². The molecule has 0 saturated carbocycles. The highest BCUT2D eigenvalue weighted by atomic mass is 16.5. The summed E-state index contributed by atoms with van der Waals surface area (Å²) in [5.41, 5.74) is 3.40. The van der Waals surface area contributed by atoms with Crippen molar-refractivity contribution in [3.63, 3.8) is 0 Å². The van der Waals surface area contributed by atoms with Gasteiger partial charge in [0.15, 0.2) is 0 Å². The van der Waals surface area contributed by atoms with Gasteiger partial charge in [0.1, 0.15) is 11.8 Å². The molecule has 0 fully saturated rings. The Balaban J connectivity index is 3.05. The summed E-state index contributed by atoms with van der Waals surface area (Å²) in [7, 11) is 1.60. The Kier molecular flexibility index (Phi) is 3.32. The molecule has 68 valence electrons. The van der Waals surface area contributed by atoms with Crippen LogP contribution in [0.5, 0.6) is 5.75 Å². The van der Waals surface area contributed by atoms with Crippen LogP contribution in [0.1, 0.15) is 11.6 Å². The van der Waals surface area contributed by atoms with Crippen molar-refractivity contribution in [1.29, 1.82) is 0 Å². The highest BCUT2D eigenvalue weighted by Crippen LogP contribution is 2.23. The smallest absolute Gasteiger partial charge is 0.124 e. The van der Waals surface area contributed by atoms with Crippen molar-refractivity contribution in [3.8, 4) is 18.1 Å². The molecule has 0 radical (unpaired) electrons. The van der Waals surface area contributed by atoms with E-state index in [4.69, 9.17) is 17.0 Å². The number of methoxy groups -OCH3 is 1. The maximum absolute atomic E-state index is 5.29. The predicted octanol–water partition coefficient (Wildman–Crippen LogP) is 0.833. The summed E-state index contributed by atoms with van der Waals surface area (Å²) < 4.78 is 5.14. The van der Waals surface area contributed by atoms with Crippen molar-refractivity contribution >= 4 is 0 Å². The van der Waals surface area contributed by atoms with Crippen molar-refractivity contribution in [3.05, 3.63) is 29.8 Å². The molecular formula is C10H12N2O. The molecule has 13 heavy (non-hydrogen) atoms. The van der Waals surface area contributed by atoms with Crippen LogP contribution in [0.2, 0.25) is 0 Å². The van der Waals surface area contributed by atoms with E-state index in [1.54, 1.807) is 7.11 Å². The molecule has 0 heterocycles. The van der Waals surface area contributed by atoms with Crippen LogP contribution < -0.4 is 16.0 Å². The minimum Gasteiger partial charge on any atom is -0.496 e. The van der Waals surface area contributed by atoms with Gasteiger partial charge in [-0.25, -0.2) is 5.43 Å². The first-order chi connectivity index (χ1) is 6.33. The molecule has 0 aliphatic carbocycles. The number of nitrogens with two attached hydrogens (primary N) is 1. The third kappa shape index (κ3) is 2.00. The molecule has 0 amide bonds. The van der Waals surface area contributed by atoms with Gasteiger partial charge in [0.05, 0.1) is 7.11 Å². The van der Waals surface area contributed by atoms with Crippen molar-refractivity contribution in [1.82, 2.24) is 5.43 Å². The molecule has 0 aliphatic rings. The molecule has 0 aliphatic heterocycles. The number of hydrogen-bond donors (Lipinski definition) is 2. The Morgan fingerprint density at radius 1 is 1.54 bits per heavy atom. The van der Waals surface area contributed by atoms with Gasteiger partial charge >= 0.3 is 0 Å². The lowest BCUT2D eigenvalue weighted by Gasteiger charge is -2.13. The molecule has 0 saturated heterocycles. The minimum absolute atomic E-state index is 0.309. The van der Waals surface area contributed by atoms with E-state index in [1.807, 2.05) is 24.3 Å². The van der Waals surface area contributed by atoms with Crippen LogP contribution in [-0.2, 0) is 0 Å². The second-order valence-electron chi connectivity index (χ2n) is 2.51. The SMILES string of the molecule is C#CC(NN)c1ccccc1OC. The molecule has 1 rings (SSSR count). The van der Waals surface area contributed by atoms with E-state index >= 15 is 0 Å². The van der Waals surface area contributed by atoms with Gasteiger partial charge in [-0.05, 0) is 6.07 Å². The van der Waals surface area contributed by atoms with E-state index in [9.17, 15) is 0 Å². The predicted molar refractivity (Wildman–Crippen MR) is 51.9 cm³/mol. The fourth-order valence-electron chi connectivity index (χ4n) is 1.13. The highest BCUT2D eigenvalue weighted by molar-refractivity contribution is 5.39. The summed E-state index contributed by atoms with van der Waals surface area (Å²) in [6.45, 7) is 0. The van der Waals surface area contributed by atoms with E-state index in [1.165, 1.54) is 0 Å². The Bertz CT molecular complexity index is 317. The first-order valence-corrected chi connectivity index (χ1v) is 3.88. The van der Waals surface area contributed by atoms with Crippen LogP contribution in [0.15, 0.2) is 24.3 Å². The molecule has 1 aromatic rings. The summed E-state index contributed by atoms with van der Waals surface area (Å²) in [5.74, 6) is 8.56. The maximum Gasteiger partial charge on any atom is 0.124 e. The average Bonchev–Trinajstić information content (AvgIpc) is 2.20. The standard InChI is InChI=1S/C10H12N2O/c1-3-9(12-11)8-6-4-5-7-10(8)13-2/h1,4-7,9,12H,11H2,2H3. The van der Waals surface area contributed by atoms with E-state index in [0.717, 1.165) is 11.3 Å². The zero-order valence-electron chi connectivity index (χ0n) is 7.45. The molecular weight excluding hydrogens is 164 g/mol. The Morgan fingerprint density at radius 3 is 2.77 bits per heavy atom. The number of para-hydroxylation sites is 1. The van der Waals surface area contributed by atoms with E-state index in [0.29, 0.717) is 0 Å². The van der Waals surface area contributed by atoms with Gasteiger partial charge in [-0.15, -0.1) is 6.42 Å². The van der Waals surface area contributed by atoms with Crippen LogP contribution in [0.25, 0.3) is 0 Å². The quantitative estimate of drug-likeness (QED) is 0.407. The topological polar surface area (TPSA) is 47.3 Å². The number of ether oxygens (including phenoxy) is 1. The van der Waals surface area contributed by atoms with Gasteiger partial charge < -0.3 is 4.74 Å². The third-order valence-electron chi connectivity index (χ3n) is 1.78. The second-order valence-corrected chi connectivity index (χ2v) is 2.51.